The SMILES string of the molecule is C/C(=N/NC(=O)COc1ccc(Cl)cc1)c1ccc(C(=O)[O-])s1. The predicted molar refractivity (Wildman–Crippen MR) is 86.0 cm³/mol. The molecule has 1 aromatic heterocycles. The number of hydrogen-bond acceptors (Lipinski definition) is 6. The van der Waals surface area contributed by atoms with Gasteiger partial charge >= 0.3 is 0 Å². The summed E-state index contributed by atoms with van der Waals surface area (Å²) in [6.07, 6.45) is 0. The van der Waals surface area contributed by atoms with E-state index < -0.39 is 11.9 Å². The monoisotopic (exact) mass is 351 g/mol. The normalized spacial score (nSPS) is 11.1. The third kappa shape index (κ3) is 5.08. The van der Waals surface area contributed by atoms with Gasteiger partial charge in [0.1, 0.15) is 5.75 Å². The van der Waals surface area contributed by atoms with Gasteiger partial charge in [0.25, 0.3) is 5.91 Å². The van der Waals surface area contributed by atoms with Gasteiger partial charge in [-0.3, -0.25) is 4.79 Å². The molecule has 23 heavy (non-hydrogen) atoms. The van der Waals surface area contributed by atoms with Gasteiger partial charge in [0.15, 0.2) is 6.61 Å². The Bertz CT molecular complexity index is 740. The zero-order valence-electron chi connectivity index (χ0n) is 12.0. The smallest absolute Gasteiger partial charge is 0.277 e. The number of ether oxygens (including phenoxy) is 1. The third-order valence-electron chi connectivity index (χ3n) is 2.70. The standard InChI is InChI=1S/C15H13ClN2O4S/c1-9(12-6-7-13(23-12)15(20)21)17-18-14(19)8-22-11-4-2-10(16)3-5-11/h2-7H,8H2,1H3,(H,18,19)(H,20,21)/p-1/b17-9-. The Morgan fingerprint density at radius 1 is 1.22 bits per heavy atom. The molecule has 1 N–H and O–H groups in total. The molecule has 1 amide bonds. The summed E-state index contributed by atoms with van der Waals surface area (Å²) in [5.41, 5.74) is 2.83. The first kappa shape index (κ1) is 17.0. The van der Waals surface area contributed by atoms with Crippen LogP contribution in [0.5, 0.6) is 5.75 Å². The molecule has 0 fully saturated rings. The highest BCUT2D eigenvalue weighted by atomic mass is 35.5. The predicted octanol–water partition coefficient (Wildman–Crippen LogP) is 1.68. The van der Waals surface area contributed by atoms with Crippen LogP contribution in [0.2, 0.25) is 5.02 Å². The Kier molecular flexibility index (Phi) is 5.72. The Balaban J connectivity index is 1.86. The van der Waals surface area contributed by atoms with Crippen molar-refractivity contribution < 1.29 is 19.4 Å². The summed E-state index contributed by atoms with van der Waals surface area (Å²) in [6.45, 7) is 1.46. The van der Waals surface area contributed by atoms with Gasteiger partial charge < -0.3 is 14.6 Å². The van der Waals surface area contributed by atoms with Crippen LogP contribution in [0.25, 0.3) is 0 Å². The quantitative estimate of drug-likeness (QED) is 0.633. The number of hydrazone groups is 1. The summed E-state index contributed by atoms with van der Waals surface area (Å²) in [5, 5.41) is 15.2. The second kappa shape index (κ2) is 7.75. The number of benzene rings is 1. The molecular formula is C15H12ClN2O4S-. The summed E-state index contributed by atoms with van der Waals surface area (Å²) in [7, 11) is 0. The van der Waals surface area contributed by atoms with Crippen LogP contribution in [0.4, 0.5) is 0 Å². The van der Waals surface area contributed by atoms with Crippen molar-refractivity contribution in [1.29, 1.82) is 0 Å². The Morgan fingerprint density at radius 3 is 2.48 bits per heavy atom. The van der Waals surface area contributed by atoms with Crippen LogP contribution in [0.3, 0.4) is 0 Å². The molecule has 0 bridgehead atoms. The molecule has 0 spiro atoms. The van der Waals surface area contributed by atoms with E-state index in [-0.39, 0.29) is 11.5 Å². The molecule has 1 heterocycles. The molecule has 0 saturated heterocycles. The fraction of sp³-hybridized carbons (Fsp3) is 0.133. The van der Waals surface area contributed by atoms with Gasteiger partial charge in [0.2, 0.25) is 0 Å². The van der Waals surface area contributed by atoms with Gasteiger partial charge in [-0.25, -0.2) is 5.43 Å². The summed E-state index contributed by atoms with van der Waals surface area (Å²) < 4.78 is 5.27. The van der Waals surface area contributed by atoms with E-state index in [1.54, 1.807) is 37.3 Å². The van der Waals surface area contributed by atoms with Gasteiger partial charge in [-0.15, -0.1) is 11.3 Å². The number of hydrogen-bond donors (Lipinski definition) is 1. The summed E-state index contributed by atoms with van der Waals surface area (Å²) in [6, 6.07) is 9.64. The van der Waals surface area contributed by atoms with E-state index in [2.05, 4.69) is 10.5 Å². The molecule has 0 radical (unpaired) electrons. The van der Waals surface area contributed by atoms with Gasteiger partial charge in [-0.05, 0) is 43.3 Å². The summed E-state index contributed by atoms with van der Waals surface area (Å²) in [4.78, 5) is 23.1. The molecule has 8 heteroatoms. The minimum absolute atomic E-state index is 0.104. The molecule has 1 aromatic carbocycles. The molecule has 0 unspecified atom stereocenters. The average Bonchev–Trinajstić information content (AvgIpc) is 3.02. The van der Waals surface area contributed by atoms with E-state index in [4.69, 9.17) is 16.3 Å². The maximum Gasteiger partial charge on any atom is 0.277 e. The average molecular weight is 352 g/mol. The fourth-order valence-corrected chi connectivity index (χ4v) is 2.47. The highest BCUT2D eigenvalue weighted by Gasteiger charge is 2.06. The van der Waals surface area contributed by atoms with Crippen molar-refractivity contribution in [1.82, 2.24) is 5.43 Å². The summed E-state index contributed by atoms with van der Waals surface area (Å²) >= 11 is 6.77. The maximum absolute atomic E-state index is 11.7. The Labute approximate surface area is 141 Å². The molecule has 6 nitrogen and oxygen atoms in total. The molecule has 120 valence electrons. The zero-order valence-corrected chi connectivity index (χ0v) is 13.6. The van der Waals surface area contributed by atoms with E-state index >= 15 is 0 Å². The van der Waals surface area contributed by atoms with Crippen molar-refractivity contribution in [2.45, 2.75) is 6.92 Å². The number of carboxylic acids is 1. The fourth-order valence-electron chi connectivity index (χ4n) is 1.56. The van der Waals surface area contributed by atoms with Gasteiger partial charge in [-0.1, -0.05) is 11.6 Å². The molecule has 0 saturated carbocycles. The minimum Gasteiger partial charge on any atom is -0.544 e. The van der Waals surface area contributed by atoms with E-state index in [0.29, 0.717) is 21.4 Å². The van der Waals surface area contributed by atoms with Gasteiger partial charge in [0.05, 0.1) is 21.4 Å². The lowest BCUT2D eigenvalue weighted by Crippen LogP contribution is -2.25. The lowest BCUT2D eigenvalue weighted by atomic mass is 10.3. The van der Waals surface area contributed by atoms with E-state index in [0.717, 1.165) is 11.3 Å². The van der Waals surface area contributed by atoms with Gasteiger partial charge in [0, 0.05) is 5.02 Å². The van der Waals surface area contributed by atoms with Crippen LogP contribution in [0.1, 0.15) is 21.5 Å². The first-order valence-corrected chi connectivity index (χ1v) is 7.68. The molecule has 0 atom stereocenters. The number of carboxylic acid groups (broad SMARTS) is 1. The number of thiophene rings is 1. The first-order chi connectivity index (χ1) is 11.0. The number of carbonyl (C=O) groups is 2. The third-order valence-corrected chi connectivity index (χ3v) is 4.12. The highest BCUT2D eigenvalue weighted by Crippen LogP contribution is 2.17. The molecule has 2 aromatic rings. The van der Waals surface area contributed by atoms with Crippen LogP contribution in [0, 0.1) is 0 Å². The lowest BCUT2D eigenvalue weighted by Gasteiger charge is -2.05. The van der Waals surface area contributed by atoms with Crippen molar-refractivity contribution in [3.05, 3.63) is 51.2 Å². The van der Waals surface area contributed by atoms with Gasteiger partial charge in [-0.2, -0.15) is 5.10 Å². The molecular weight excluding hydrogens is 340 g/mol. The summed E-state index contributed by atoms with van der Waals surface area (Å²) in [5.74, 6) is -1.16. The number of halogens is 1. The molecule has 2 rings (SSSR count). The lowest BCUT2D eigenvalue weighted by molar-refractivity contribution is -0.254. The Hall–Kier alpha value is -2.38. The van der Waals surface area contributed by atoms with E-state index in [1.165, 1.54) is 6.07 Å². The van der Waals surface area contributed by atoms with Crippen molar-refractivity contribution >= 4 is 40.5 Å². The largest absolute Gasteiger partial charge is 0.544 e. The Morgan fingerprint density at radius 2 is 1.87 bits per heavy atom. The second-order valence-corrected chi connectivity index (χ2v) is 5.95. The number of amides is 1. The van der Waals surface area contributed by atoms with E-state index in [9.17, 15) is 14.7 Å². The number of carbonyl (C=O) groups excluding carboxylic acids is 2. The van der Waals surface area contributed by atoms with Crippen LogP contribution in [0.15, 0.2) is 41.5 Å². The van der Waals surface area contributed by atoms with Crippen LogP contribution >= 0.6 is 22.9 Å². The van der Waals surface area contributed by atoms with Crippen LogP contribution < -0.4 is 15.3 Å². The first-order valence-electron chi connectivity index (χ1n) is 6.49. The van der Waals surface area contributed by atoms with Crippen LogP contribution in [-0.4, -0.2) is 24.2 Å². The number of aromatic carboxylic acids is 1. The topological polar surface area (TPSA) is 90.8 Å². The second-order valence-electron chi connectivity index (χ2n) is 4.43. The van der Waals surface area contributed by atoms with E-state index in [1.807, 2.05) is 0 Å². The maximum atomic E-state index is 11.7. The van der Waals surface area contributed by atoms with Crippen molar-refractivity contribution in [2.75, 3.05) is 6.61 Å². The molecule has 0 aliphatic heterocycles. The molecule has 0 aliphatic carbocycles. The molecule has 0 aliphatic rings. The van der Waals surface area contributed by atoms with Crippen LogP contribution in [-0.2, 0) is 4.79 Å². The highest BCUT2D eigenvalue weighted by molar-refractivity contribution is 7.15. The van der Waals surface area contributed by atoms with Crippen molar-refractivity contribution in [3.63, 3.8) is 0 Å². The minimum atomic E-state index is -1.24. The zero-order chi connectivity index (χ0) is 16.8. The number of rotatable bonds is 6. The van der Waals surface area contributed by atoms with Crippen molar-refractivity contribution in [3.8, 4) is 5.75 Å². The van der Waals surface area contributed by atoms with Crippen molar-refractivity contribution in [2.24, 2.45) is 5.10 Å². The number of nitrogens with one attached hydrogen (secondary N) is 1. The number of nitrogens with zero attached hydrogens (tertiary/aromatic N) is 1.